The summed E-state index contributed by atoms with van der Waals surface area (Å²) in [5.41, 5.74) is 3.99. The van der Waals surface area contributed by atoms with Crippen LogP contribution in [0.5, 0.6) is 11.5 Å². The monoisotopic (exact) mass is 454 g/mol. The minimum atomic E-state index is -0.499. The molecule has 3 aromatic rings. The summed E-state index contributed by atoms with van der Waals surface area (Å²) in [5, 5.41) is 20.1. The van der Waals surface area contributed by atoms with Gasteiger partial charge in [0, 0.05) is 10.6 Å². The topological polar surface area (TPSA) is 92.3 Å². The van der Waals surface area contributed by atoms with Gasteiger partial charge in [0.25, 0.3) is 0 Å². The first-order valence-electron chi connectivity index (χ1n) is 10.0. The zero-order chi connectivity index (χ0) is 23.3. The summed E-state index contributed by atoms with van der Waals surface area (Å²) < 4.78 is 13.0. The highest BCUT2D eigenvalue weighted by Crippen LogP contribution is 2.39. The second-order valence-electron chi connectivity index (χ2n) is 7.27. The molecule has 0 aliphatic carbocycles. The van der Waals surface area contributed by atoms with Crippen LogP contribution >= 0.6 is 11.8 Å². The van der Waals surface area contributed by atoms with Gasteiger partial charge in [0.2, 0.25) is 6.54 Å². The fourth-order valence-electron chi connectivity index (χ4n) is 3.21. The minimum absolute atomic E-state index is 0.278. The number of hydrogen-bond donors (Lipinski definition) is 0. The molecule has 32 heavy (non-hydrogen) atoms. The van der Waals surface area contributed by atoms with E-state index in [0.717, 1.165) is 16.8 Å². The Balaban J connectivity index is 1.98. The highest BCUT2D eigenvalue weighted by Gasteiger charge is 2.25. The molecule has 0 aliphatic heterocycles. The largest absolute Gasteiger partial charge is 0.493 e. The van der Waals surface area contributed by atoms with E-state index in [4.69, 9.17) is 9.47 Å². The zero-order valence-electron chi connectivity index (χ0n) is 18.6. The number of thioether (sulfide) groups is 1. The number of benzene rings is 2. The first-order valence-corrected chi connectivity index (χ1v) is 10.9. The van der Waals surface area contributed by atoms with Crippen LogP contribution < -0.4 is 9.47 Å². The SMILES string of the molecule is C=CCOc1ccc([C@@H](C[N+](=O)[O-])Sc2nnc(C)n2-c2ccc(C)c(C)c2)cc1OC. The van der Waals surface area contributed by atoms with Crippen LogP contribution in [0.15, 0.2) is 54.2 Å². The van der Waals surface area contributed by atoms with Gasteiger partial charge >= 0.3 is 0 Å². The van der Waals surface area contributed by atoms with Gasteiger partial charge in [-0.3, -0.25) is 14.7 Å². The van der Waals surface area contributed by atoms with Gasteiger partial charge < -0.3 is 9.47 Å². The van der Waals surface area contributed by atoms with Crippen LogP contribution in [0.25, 0.3) is 5.69 Å². The standard InChI is InChI=1S/C23H26N4O4S/c1-6-11-31-20-10-8-18(13-21(20)30-5)22(14-26(28)29)32-23-25-24-17(4)27(23)19-9-7-15(2)16(3)12-19/h6-10,12-13,22H,1,11,14H2,2-5H3/t22-/m1/s1. The van der Waals surface area contributed by atoms with Crippen LogP contribution in [0.4, 0.5) is 0 Å². The number of aryl methyl sites for hydroxylation is 3. The smallest absolute Gasteiger partial charge is 0.220 e. The predicted molar refractivity (Wildman–Crippen MR) is 125 cm³/mol. The van der Waals surface area contributed by atoms with Crippen molar-refractivity contribution in [3.8, 4) is 17.2 Å². The lowest BCUT2D eigenvalue weighted by Crippen LogP contribution is -2.11. The van der Waals surface area contributed by atoms with Crippen LogP contribution in [0.2, 0.25) is 0 Å². The normalized spacial score (nSPS) is 11.8. The Bertz CT molecular complexity index is 1130. The minimum Gasteiger partial charge on any atom is -0.493 e. The third-order valence-electron chi connectivity index (χ3n) is 5.02. The molecule has 1 aromatic heterocycles. The van der Waals surface area contributed by atoms with Gasteiger partial charge in [-0.05, 0) is 61.7 Å². The number of rotatable bonds is 10. The molecule has 0 aliphatic rings. The van der Waals surface area contributed by atoms with Crippen molar-refractivity contribution in [2.75, 3.05) is 20.3 Å². The summed E-state index contributed by atoms with van der Waals surface area (Å²) in [6, 6.07) is 11.4. The molecule has 1 heterocycles. The number of ether oxygens (including phenoxy) is 2. The molecule has 9 heteroatoms. The van der Waals surface area contributed by atoms with Crippen molar-refractivity contribution in [3.63, 3.8) is 0 Å². The van der Waals surface area contributed by atoms with Crippen molar-refractivity contribution in [2.24, 2.45) is 0 Å². The number of nitrogens with zero attached hydrogens (tertiary/aromatic N) is 4. The van der Waals surface area contributed by atoms with Gasteiger partial charge in [0.1, 0.15) is 17.7 Å². The van der Waals surface area contributed by atoms with Gasteiger partial charge in [-0.25, -0.2) is 0 Å². The quantitative estimate of drug-likeness (QED) is 0.187. The molecule has 2 aromatic carbocycles. The Kier molecular flexibility index (Phi) is 7.53. The molecule has 168 valence electrons. The van der Waals surface area contributed by atoms with Crippen LogP contribution in [-0.2, 0) is 0 Å². The molecule has 0 bridgehead atoms. The maximum atomic E-state index is 11.5. The molecular formula is C23H26N4O4S. The number of nitro groups is 1. The predicted octanol–water partition coefficient (Wildman–Crippen LogP) is 4.88. The molecule has 8 nitrogen and oxygen atoms in total. The van der Waals surface area contributed by atoms with E-state index in [1.54, 1.807) is 18.2 Å². The summed E-state index contributed by atoms with van der Waals surface area (Å²) in [4.78, 5) is 11.1. The molecule has 0 N–H and O–H groups in total. The summed E-state index contributed by atoms with van der Waals surface area (Å²) in [7, 11) is 1.54. The molecule has 0 unspecified atom stereocenters. The summed E-state index contributed by atoms with van der Waals surface area (Å²) in [6.07, 6.45) is 1.64. The highest BCUT2D eigenvalue weighted by molar-refractivity contribution is 7.99. The Hall–Kier alpha value is -3.33. The van der Waals surface area contributed by atoms with E-state index in [1.807, 2.05) is 36.6 Å². The number of hydrogen-bond acceptors (Lipinski definition) is 7. The van der Waals surface area contributed by atoms with E-state index in [2.05, 4.69) is 29.8 Å². The maximum absolute atomic E-state index is 11.5. The number of aromatic nitrogens is 3. The third kappa shape index (κ3) is 5.28. The highest BCUT2D eigenvalue weighted by atomic mass is 32.2. The molecule has 0 amide bonds. The van der Waals surface area contributed by atoms with Crippen LogP contribution in [0.3, 0.4) is 0 Å². The van der Waals surface area contributed by atoms with E-state index in [0.29, 0.717) is 29.1 Å². The Morgan fingerprint density at radius 1 is 1.16 bits per heavy atom. The van der Waals surface area contributed by atoms with Crippen LogP contribution in [0, 0.1) is 30.9 Å². The van der Waals surface area contributed by atoms with Crippen LogP contribution in [-0.4, -0.2) is 39.9 Å². The van der Waals surface area contributed by atoms with Gasteiger partial charge in [0.15, 0.2) is 16.7 Å². The molecule has 0 fully saturated rings. The van der Waals surface area contributed by atoms with Gasteiger partial charge in [-0.1, -0.05) is 36.5 Å². The first kappa shape index (κ1) is 23.3. The number of methoxy groups -OCH3 is 1. The lowest BCUT2D eigenvalue weighted by molar-refractivity contribution is -0.479. The first-order chi connectivity index (χ1) is 15.3. The van der Waals surface area contributed by atoms with Crippen molar-refractivity contribution < 1.29 is 14.4 Å². The van der Waals surface area contributed by atoms with Crippen molar-refractivity contribution in [1.82, 2.24) is 14.8 Å². The molecule has 3 rings (SSSR count). The molecule has 0 radical (unpaired) electrons. The van der Waals surface area contributed by atoms with E-state index in [1.165, 1.54) is 24.4 Å². The Labute approximate surface area is 191 Å². The zero-order valence-corrected chi connectivity index (χ0v) is 19.4. The summed E-state index contributed by atoms with van der Waals surface area (Å²) in [6.45, 7) is 9.66. The van der Waals surface area contributed by atoms with Crippen LogP contribution in [0.1, 0.15) is 27.8 Å². The van der Waals surface area contributed by atoms with Gasteiger partial charge in [0.05, 0.1) is 7.11 Å². The fourth-order valence-corrected chi connectivity index (χ4v) is 4.37. The Morgan fingerprint density at radius 2 is 1.94 bits per heavy atom. The second-order valence-corrected chi connectivity index (χ2v) is 8.44. The summed E-state index contributed by atoms with van der Waals surface area (Å²) >= 11 is 1.30. The summed E-state index contributed by atoms with van der Waals surface area (Å²) in [5.74, 6) is 1.77. The van der Waals surface area contributed by atoms with Crippen molar-refractivity contribution in [1.29, 1.82) is 0 Å². The lowest BCUT2D eigenvalue weighted by atomic mass is 10.1. The fraction of sp³-hybridized carbons (Fsp3) is 0.304. The Morgan fingerprint density at radius 3 is 2.59 bits per heavy atom. The average molecular weight is 455 g/mol. The van der Waals surface area contributed by atoms with E-state index >= 15 is 0 Å². The van der Waals surface area contributed by atoms with Gasteiger partial charge in [-0.15, -0.1) is 10.2 Å². The average Bonchev–Trinajstić information content (AvgIpc) is 3.13. The van der Waals surface area contributed by atoms with Crippen molar-refractivity contribution in [3.05, 3.63) is 81.7 Å². The van der Waals surface area contributed by atoms with E-state index in [-0.39, 0.29) is 11.5 Å². The van der Waals surface area contributed by atoms with Crippen molar-refractivity contribution in [2.45, 2.75) is 31.2 Å². The third-order valence-corrected chi connectivity index (χ3v) is 6.20. The molecule has 0 spiro atoms. The molecule has 0 saturated heterocycles. The molecular weight excluding hydrogens is 428 g/mol. The lowest BCUT2D eigenvalue weighted by Gasteiger charge is -2.17. The van der Waals surface area contributed by atoms with E-state index < -0.39 is 5.25 Å². The van der Waals surface area contributed by atoms with E-state index in [9.17, 15) is 10.1 Å². The molecule has 0 saturated carbocycles. The van der Waals surface area contributed by atoms with Crippen molar-refractivity contribution >= 4 is 11.8 Å². The van der Waals surface area contributed by atoms with Gasteiger partial charge in [-0.2, -0.15) is 0 Å². The molecule has 1 atom stereocenters. The maximum Gasteiger partial charge on any atom is 0.220 e. The second kappa shape index (κ2) is 10.3.